The minimum absolute atomic E-state index is 0.147. The van der Waals surface area contributed by atoms with Crippen LogP contribution in [0.25, 0.3) is 11.6 Å². The Hall–Kier alpha value is -3.10. The van der Waals surface area contributed by atoms with Gasteiger partial charge in [0.05, 0.1) is 6.54 Å². The van der Waals surface area contributed by atoms with Crippen molar-refractivity contribution in [1.29, 1.82) is 0 Å². The number of nitrogens with zero attached hydrogens (tertiary/aromatic N) is 7. The van der Waals surface area contributed by atoms with Crippen molar-refractivity contribution in [2.24, 2.45) is 0 Å². The van der Waals surface area contributed by atoms with Crippen LogP contribution in [0.3, 0.4) is 0 Å². The third kappa shape index (κ3) is 3.92. The van der Waals surface area contributed by atoms with E-state index in [2.05, 4.69) is 25.2 Å². The molecular weight excluding hydrogens is 358 g/mol. The van der Waals surface area contributed by atoms with Gasteiger partial charge in [-0.1, -0.05) is 11.2 Å². The number of hydrogen-bond donors (Lipinski definition) is 0. The van der Waals surface area contributed by atoms with Crippen molar-refractivity contribution in [3.05, 3.63) is 41.9 Å². The van der Waals surface area contributed by atoms with Crippen molar-refractivity contribution in [1.82, 2.24) is 34.8 Å². The molecule has 4 heterocycles. The number of amides is 1. The highest BCUT2D eigenvalue weighted by atomic mass is 16.5. The van der Waals surface area contributed by atoms with Gasteiger partial charge in [0.2, 0.25) is 5.91 Å². The topological polar surface area (TPSA) is 103 Å². The number of rotatable bonds is 5. The van der Waals surface area contributed by atoms with Gasteiger partial charge >= 0.3 is 0 Å². The van der Waals surface area contributed by atoms with Gasteiger partial charge in [0.25, 0.3) is 5.89 Å². The molecule has 0 bridgehead atoms. The molecule has 3 aromatic heterocycles. The minimum Gasteiger partial charge on any atom is -0.343 e. The molecule has 1 aliphatic heterocycles. The Morgan fingerprint density at radius 1 is 1.21 bits per heavy atom. The second-order valence-corrected chi connectivity index (χ2v) is 7.01. The average Bonchev–Trinajstić information content (AvgIpc) is 3.33. The largest absolute Gasteiger partial charge is 0.343 e. The maximum atomic E-state index is 12.5. The van der Waals surface area contributed by atoms with Crippen LogP contribution >= 0.6 is 0 Å². The summed E-state index contributed by atoms with van der Waals surface area (Å²) in [7, 11) is 0. The van der Waals surface area contributed by atoms with Crippen LogP contribution in [0.1, 0.15) is 42.7 Å². The summed E-state index contributed by atoms with van der Waals surface area (Å²) in [5.74, 6) is 3.05. The van der Waals surface area contributed by atoms with Gasteiger partial charge in [-0.05, 0) is 38.8 Å². The molecule has 0 N–H and O–H groups in total. The van der Waals surface area contributed by atoms with Crippen molar-refractivity contribution < 1.29 is 9.32 Å². The zero-order chi connectivity index (χ0) is 19.5. The lowest BCUT2D eigenvalue weighted by molar-refractivity contribution is -0.132. The summed E-state index contributed by atoms with van der Waals surface area (Å²) in [5, 5.41) is 8.44. The Bertz CT molecular complexity index is 942. The van der Waals surface area contributed by atoms with Crippen molar-refractivity contribution in [2.45, 2.75) is 45.6 Å². The van der Waals surface area contributed by atoms with Gasteiger partial charge in [-0.2, -0.15) is 10.1 Å². The minimum atomic E-state index is 0.147. The van der Waals surface area contributed by atoms with E-state index in [0.717, 1.165) is 24.5 Å². The van der Waals surface area contributed by atoms with E-state index in [4.69, 9.17) is 4.52 Å². The van der Waals surface area contributed by atoms with Crippen molar-refractivity contribution in [3.63, 3.8) is 0 Å². The summed E-state index contributed by atoms with van der Waals surface area (Å²) in [4.78, 5) is 27.4. The molecule has 0 aliphatic carbocycles. The summed E-state index contributed by atoms with van der Waals surface area (Å²) < 4.78 is 7.15. The summed E-state index contributed by atoms with van der Waals surface area (Å²) in [5.41, 5.74) is 0.674. The molecule has 0 atom stereocenters. The smallest absolute Gasteiger partial charge is 0.276 e. The molecule has 9 heteroatoms. The highest BCUT2D eigenvalue weighted by molar-refractivity contribution is 5.76. The molecule has 0 spiro atoms. The van der Waals surface area contributed by atoms with Crippen LogP contribution in [0.5, 0.6) is 0 Å². The molecule has 28 heavy (non-hydrogen) atoms. The van der Waals surface area contributed by atoms with E-state index in [1.165, 1.54) is 0 Å². The van der Waals surface area contributed by atoms with Gasteiger partial charge < -0.3 is 9.42 Å². The third-order valence-corrected chi connectivity index (χ3v) is 5.04. The molecule has 146 valence electrons. The predicted molar refractivity (Wildman–Crippen MR) is 100 cm³/mol. The highest BCUT2D eigenvalue weighted by Gasteiger charge is 2.27. The molecule has 0 aromatic carbocycles. The number of carbonyl (C=O) groups excluding carboxylic acids is 1. The highest BCUT2D eigenvalue weighted by Crippen LogP contribution is 2.27. The molecule has 1 saturated heterocycles. The molecule has 0 radical (unpaired) electrons. The summed E-state index contributed by atoms with van der Waals surface area (Å²) >= 11 is 0. The monoisotopic (exact) mass is 381 g/mol. The number of aromatic nitrogens is 6. The predicted octanol–water partition coefficient (Wildman–Crippen LogP) is 2.14. The Morgan fingerprint density at radius 3 is 2.71 bits per heavy atom. The van der Waals surface area contributed by atoms with E-state index in [1.807, 2.05) is 36.9 Å². The lowest BCUT2D eigenvalue weighted by atomic mass is 9.96. The lowest BCUT2D eigenvalue weighted by Gasteiger charge is -2.30. The zero-order valence-electron chi connectivity index (χ0n) is 16.1. The first-order valence-electron chi connectivity index (χ1n) is 9.51. The zero-order valence-corrected chi connectivity index (χ0v) is 16.1. The number of likely N-dealkylation sites (tertiary alicyclic amines) is 1. The fourth-order valence-electron chi connectivity index (χ4n) is 3.51. The van der Waals surface area contributed by atoms with E-state index >= 15 is 0 Å². The maximum absolute atomic E-state index is 12.5. The quantitative estimate of drug-likeness (QED) is 0.667. The van der Waals surface area contributed by atoms with Gasteiger partial charge in [0.15, 0.2) is 5.82 Å². The molecular formula is C19H23N7O2. The number of piperidine rings is 1. The van der Waals surface area contributed by atoms with E-state index in [9.17, 15) is 4.79 Å². The van der Waals surface area contributed by atoms with Gasteiger partial charge in [0.1, 0.15) is 17.3 Å². The van der Waals surface area contributed by atoms with E-state index in [0.29, 0.717) is 43.5 Å². The fraction of sp³-hybridized carbons (Fsp3) is 0.474. The Morgan fingerprint density at radius 2 is 2.04 bits per heavy atom. The first-order valence-corrected chi connectivity index (χ1v) is 9.51. The standard InChI is InChI=1S/C19H23N7O2/c1-13-21-14(2)26(23-13)12-8-17(27)25-10-6-15(7-11-25)18-22-19(28-24-18)16-5-3-4-9-20-16/h3-5,9,15H,6-8,10-12H2,1-2H3. The molecule has 1 amide bonds. The molecule has 9 nitrogen and oxygen atoms in total. The van der Waals surface area contributed by atoms with Gasteiger partial charge in [0, 0.05) is 31.6 Å². The van der Waals surface area contributed by atoms with Crippen LogP contribution in [-0.4, -0.2) is 53.8 Å². The lowest BCUT2D eigenvalue weighted by Crippen LogP contribution is -2.38. The summed E-state index contributed by atoms with van der Waals surface area (Å²) in [6, 6.07) is 5.58. The molecule has 1 fully saturated rings. The van der Waals surface area contributed by atoms with Crippen LogP contribution in [0.4, 0.5) is 0 Å². The number of aryl methyl sites for hydroxylation is 3. The molecule has 1 aliphatic rings. The Kier molecular flexibility index (Phi) is 5.14. The molecule has 3 aromatic rings. The number of pyridine rings is 1. The van der Waals surface area contributed by atoms with Gasteiger partial charge in [-0.25, -0.2) is 9.67 Å². The van der Waals surface area contributed by atoms with Crippen LogP contribution < -0.4 is 0 Å². The fourth-order valence-corrected chi connectivity index (χ4v) is 3.51. The summed E-state index contributed by atoms with van der Waals surface area (Å²) in [6.07, 6.45) is 3.79. The van der Waals surface area contributed by atoms with Crippen molar-refractivity contribution >= 4 is 5.91 Å². The number of hydrogen-bond acceptors (Lipinski definition) is 7. The second kappa shape index (κ2) is 7.87. The van der Waals surface area contributed by atoms with Gasteiger partial charge in [-0.3, -0.25) is 9.78 Å². The van der Waals surface area contributed by atoms with Crippen molar-refractivity contribution in [2.75, 3.05) is 13.1 Å². The Balaban J connectivity index is 1.30. The normalized spacial score (nSPS) is 15.1. The number of carbonyl (C=O) groups is 1. The van der Waals surface area contributed by atoms with Crippen LogP contribution in [0.2, 0.25) is 0 Å². The van der Waals surface area contributed by atoms with E-state index in [-0.39, 0.29) is 11.8 Å². The van der Waals surface area contributed by atoms with E-state index < -0.39 is 0 Å². The second-order valence-electron chi connectivity index (χ2n) is 7.01. The van der Waals surface area contributed by atoms with Crippen LogP contribution in [0.15, 0.2) is 28.9 Å². The van der Waals surface area contributed by atoms with Crippen LogP contribution in [0, 0.1) is 13.8 Å². The van der Waals surface area contributed by atoms with Gasteiger partial charge in [-0.15, -0.1) is 0 Å². The SMILES string of the molecule is Cc1nc(C)n(CCC(=O)N2CCC(c3noc(-c4ccccn4)n3)CC2)n1. The summed E-state index contributed by atoms with van der Waals surface area (Å²) in [6.45, 7) is 5.72. The molecule has 0 saturated carbocycles. The molecule has 4 rings (SSSR count). The maximum Gasteiger partial charge on any atom is 0.276 e. The average molecular weight is 381 g/mol. The third-order valence-electron chi connectivity index (χ3n) is 5.04. The molecule has 0 unspecified atom stereocenters. The van der Waals surface area contributed by atoms with Crippen LogP contribution in [-0.2, 0) is 11.3 Å². The first-order chi connectivity index (χ1) is 13.6. The van der Waals surface area contributed by atoms with E-state index in [1.54, 1.807) is 10.9 Å². The van der Waals surface area contributed by atoms with Crippen molar-refractivity contribution in [3.8, 4) is 11.6 Å². The first kappa shape index (κ1) is 18.3. The Labute approximate surface area is 162 Å².